The molecule has 0 fully saturated rings. The molecule has 0 atom stereocenters. The van der Waals surface area contributed by atoms with Crippen LogP contribution in [0.2, 0.25) is 0 Å². The molecule has 11 heteroatoms. The van der Waals surface area contributed by atoms with E-state index >= 15 is 0 Å². The molecule has 0 aliphatic heterocycles. The molecule has 11 nitrogen and oxygen atoms in total. The van der Waals surface area contributed by atoms with Gasteiger partial charge in [0.25, 0.3) is 0 Å². The van der Waals surface area contributed by atoms with E-state index in [4.69, 9.17) is 47.4 Å². The summed E-state index contributed by atoms with van der Waals surface area (Å²) in [4.78, 5) is 11.5. The Balaban J connectivity index is 3.07. The number of hydrogen-bond acceptors (Lipinski definition) is 11. The molecule has 0 bridgehead atoms. The van der Waals surface area contributed by atoms with E-state index in [2.05, 4.69) is 13.8 Å². The van der Waals surface area contributed by atoms with Gasteiger partial charge in [0.2, 0.25) is 0 Å². The van der Waals surface area contributed by atoms with Crippen LogP contribution in [0.1, 0.15) is 129 Å². The third kappa shape index (κ3) is 47.1. The Morgan fingerprint density at radius 2 is 0.510 bits per heavy atom. The summed E-state index contributed by atoms with van der Waals surface area (Å²) in [7, 11) is 0. The van der Waals surface area contributed by atoms with Crippen molar-refractivity contribution in [3.8, 4) is 0 Å². The molecular formula is C40H80O11. The molecule has 0 N–H and O–H groups in total. The lowest BCUT2D eigenvalue weighted by molar-refractivity contribution is -0.145. The van der Waals surface area contributed by atoms with E-state index in [-0.39, 0.29) is 12.6 Å². The maximum Gasteiger partial charge on any atom is 0.305 e. The van der Waals surface area contributed by atoms with Crippen molar-refractivity contribution < 1.29 is 52.2 Å². The monoisotopic (exact) mass is 737 g/mol. The van der Waals surface area contributed by atoms with Crippen molar-refractivity contribution >= 4 is 5.97 Å². The quantitative estimate of drug-likeness (QED) is 0.0452. The first-order valence-corrected chi connectivity index (χ1v) is 20.7. The molecular weight excluding hydrogens is 656 g/mol. The van der Waals surface area contributed by atoms with Crippen LogP contribution in [0.15, 0.2) is 0 Å². The Hall–Kier alpha value is -0.890. The second-order valence-electron chi connectivity index (χ2n) is 12.8. The van der Waals surface area contributed by atoms with Crippen LogP contribution in [0, 0.1) is 0 Å². The number of ether oxygens (including phenoxy) is 10. The predicted molar refractivity (Wildman–Crippen MR) is 203 cm³/mol. The molecule has 0 heterocycles. The highest BCUT2D eigenvalue weighted by Crippen LogP contribution is 2.13. The summed E-state index contributed by atoms with van der Waals surface area (Å²) in [5.74, 6) is -0.154. The van der Waals surface area contributed by atoms with Crippen LogP contribution in [-0.4, -0.2) is 132 Å². The maximum absolute atomic E-state index is 11.5. The second kappa shape index (κ2) is 47.1. The van der Waals surface area contributed by atoms with Crippen molar-refractivity contribution in [1.29, 1.82) is 0 Å². The van der Waals surface area contributed by atoms with Gasteiger partial charge in [0, 0.05) is 13.0 Å². The highest BCUT2D eigenvalue weighted by molar-refractivity contribution is 5.69. The van der Waals surface area contributed by atoms with Crippen molar-refractivity contribution in [3.05, 3.63) is 0 Å². The first-order valence-electron chi connectivity index (χ1n) is 20.7. The summed E-state index contributed by atoms with van der Waals surface area (Å²) in [6, 6.07) is 0. The van der Waals surface area contributed by atoms with E-state index in [0.717, 1.165) is 32.3 Å². The van der Waals surface area contributed by atoms with Crippen LogP contribution >= 0.6 is 0 Å². The Morgan fingerprint density at radius 3 is 0.824 bits per heavy atom. The standard InChI is InChI=1S/C40H80O11/c1-3-5-7-8-9-10-11-12-13-14-15-16-17-19-21-42-22-23-43-24-25-44-26-27-45-28-29-46-30-31-47-32-33-48-34-35-49-36-37-50-38-39-51-40(41)20-18-6-4-2/h3-39H2,1-2H3. The van der Waals surface area contributed by atoms with Crippen molar-refractivity contribution in [2.45, 2.75) is 129 Å². The molecule has 306 valence electrons. The fourth-order valence-electron chi connectivity index (χ4n) is 5.07. The topological polar surface area (TPSA) is 109 Å². The molecule has 0 saturated carbocycles. The third-order valence-corrected chi connectivity index (χ3v) is 8.09. The van der Waals surface area contributed by atoms with Gasteiger partial charge < -0.3 is 47.4 Å². The zero-order valence-electron chi connectivity index (χ0n) is 33.2. The molecule has 0 aromatic rings. The van der Waals surface area contributed by atoms with Gasteiger partial charge in [-0.3, -0.25) is 4.79 Å². The lowest BCUT2D eigenvalue weighted by atomic mass is 10.0. The number of esters is 1. The smallest absolute Gasteiger partial charge is 0.305 e. The Kier molecular flexibility index (Phi) is 46.3. The lowest BCUT2D eigenvalue weighted by Crippen LogP contribution is -2.15. The van der Waals surface area contributed by atoms with Gasteiger partial charge in [-0.1, -0.05) is 110 Å². The Bertz CT molecular complexity index is 642. The Morgan fingerprint density at radius 1 is 0.275 bits per heavy atom. The van der Waals surface area contributed by atoms with Gasteiger partial charge in [-0.15, -0.1) is 0 Å². The van der Waals surface area contributed by atoms with E-state index in [1.54, 1.807) is 0 Å². The zero-order valence-corrected chi connectivity index (χ0v) is 33.2. The van der Waals surface area contributed by atoms with Crippen molar-refractivity contribution in [3.63, 3.8) is 0 Å². The van der Waals surface area contributed by atoms with Gasteiger partial charge >= 0.3 is 5.97 Å². The Labute approximate surface area is 312 Å². The summed E-state index contributed by atoms with van der Waals surface area (Å²) >= 11 is 0. The molecule has 0 amide bonds. The molecule has 51 heavy (non-hydrogen) atoms. The van der Waals surface area contributed by atoms with Crippen LogP contribution in [0.3, 0.4) is 0 Å². The maximum atomic E-state index is 11.5. The zero-order chi connectivity index (χ0) is 36.8. The summed E-state index contributed by atoms with van der Waals surface area (Å²) in [6.07, 6.45) is 22.8. The second-order valence-corrected chi connectivity index (χ2v) is 12.8. The fraction of sp³-hybridized carbons (Fsp3) is 0.975. The largest absolute Gasteiger partial charge is 0.463 e. The fourth-order valence-corrected chi connectivity index (χ4v) is 5.07. The number of hydrogen-bond donors (Lipinski definition) is 0. The van der Waals surface area contributed by atoms with Crippen molar-refractivity contribution in [1.82, 2.24) is 0 Å². The van der Waals surface area contributed by atoms with E-state index in [0.29, 0.717) is 119 Å². The molecule has 0 saturated heterocycles. The highest BCUT2D eigenvalue weighted by Gasteiger charge is 2.02. The predicted octanol–water partition coefficient (Wildman–Crippen LogP) is 7.74. The average molecular weight is 737 g/mol. The van der Waals surface area contributed by atoms with E-state index < -0.39 is 0 Å². The molecule has 0 aromatic heterocycles. The van der Waals surface area contributed by atoms with Gasteiger partial charge in [0.05, 0.1) is 112 Å². The van der Waals surface area contributed by atoms with Crippen LogP contribution < -0.4 is 0 Å². The van der Waals surface area contributed by atoms with Gasteiger partial charge in [0.15, 0.2) is 0 Å². The number of unbranched alkanes of at least 4 members (excludes halogenated alkanes) is 15. The molecule has 0 aliphatic carbocycles. The number of carbonyl (C=O) groups is 1. The molecule has 0 aromatic carbocycles. The third-order valence-electron chi connectivity index (χ3n) is 8.09. The number of carbonyl (C=O) groups excluding carboxylic acids is 1. The van der Waals surface area contributed by atoms with Crippen LogP contribution in [-0.2, 0) is 52.2 Å². The van der Waals surface area contributed by atoms with Crippen molar-refractivity contribution in [2.24, 2.45) is 0 Å². The first-order chi connectivity index (χ1) is 25.3. The number of rotatable bonds is 46. The van der Waals surface area contributed by atoms with Gasteiger partial charge in [-0.25, -0.2) is 0 Å². The highest BCUT2D eigenvalue weighted by atomic mass is 16.6. The van der Waals surface area contributed by atoms with Crippen LogP contribution in [0.5, 0.6) is 0 Å². The van der Waals surface area contributed by atoms with Crippen LogP contribution in [0.25, 0.3) is 0 Å². The normalized spacial score (nSPS) is 11.5. The SMILES string of the molecule is CCCCCCCCCCCCCCCCOCCOCCOCCOCCOCCOCCOCCOCCOCCOC(=O)CCCCC. The lowest BCUT2D eigenvalue weighted by Gasteiger charge is -2.09. The molecule has 0 aliphatic rings. The van der Waals surface area contributed by atoms with Gasteiger partial charge in [0.1, 0.15) is 6.61 Å². The molecule has 0 rings (SSSR count). The van der Waals surface area contributed by atoms with E-state index in [1.807, 2.05) is 0 Å². The summed E-state index contributed by atoms with van der Waals surface area (Å²) in [5.41, 5.74) is 0. The van der Waals surface area contributed by atoms with E-state index in [1.165, 1.54) is 83.5 Å². The summed E-state index contributed by atoms with van der Waals surface area (Å²) < 4.78 is 54.7. The van der Waals surface area contributed by atoms with Gasteiger partial charge in [-0.2, -0.15) is 0 Å². The molecule has 0 unspecified atom stereocenters. The van der Waals surface area contributed by atoms with Gasteiger partial charge in [-0.05, 0) is 12.8 Å². The summed E-state index contributed by atoms with van der Waals surface area (Å²) in [5, 5.41) is 0. The van der Waals surface area contributed by atoms with Crippen molar-refractivity contribution in [2.75, 3.05) is 126 Å². The average Bonchev–Trinajstić information content (AvgIpc) is 3.13. The molecule has 0 radical (unpaired) electrons. The minimum atomic E-state index is -0.154. The minimum absolute atomic E-state index is 0.154. The van der Waals surface area contributed by atoms with E-state index in [9.17, 15) is 4.79 Å². The molecule has 0 spiro atoms. The first kappa shape index (κ1) is 50.1. The van der Waals surface area contributed by atoms with Crippen LogP contribution in [0.4, 0.5) is 0 Å². The minimum Gasteiger partial charge on any atom is -0.463 e. The summed E-state index contributed by atoms with van der Waals surface area (Å²) in [6.45, 7) is 14.4.